The summed E-state index contributed by atoms with van der Waals surface area (Å²) in [7, 11) is 1.55. The molecule has 2 N–H and O–H groups in total. The molecule has 6 nitrogen and oxygen atoms in total. The largest absolute Gasteiger partial charge is 0.355 e. The molecule has 0 saturated heterocycles. The van der Waals surface area contributed by atoms with E-state index in [2.05, 4.69) is 20.6 Å². The van der Waals surface area contributed by atoms with Gasteiger partial charge >= 0.3 is 0 Å². The van der Waals surface area contributed by atoms with E-state index in [4.69, 9.17) is 0 Å². The Labute approximate surface area is 207 Å². The standard InChI is InChI=1S/C28H24F2N4O2/c1-31-28(36)21-7-2-6-20(15-21)24-8-4-10-33-27(24)25(13-19-11-22(29)16-23(30)12-19)34-26(35)14-18-5-3-9-32-17-18/h2-12,15-17,25H,13-14H2,1H3,(H,31,36)(H,34,35)/t25-/m0/s1. The van der Waals surface area contributed by atoms with Crippen LogP contribution < -0.4 is 10.6 Å². The van der Waals surface area contributed by atoms with Crippen LogP contribution >= 0.6 is 0 Å². The minimum absolute atomic E-state index is 0.0795. The van der Waals surface area contributed by atoms with Crippen molar-refractivity contribution < 1.29 is 18.4 Å². The van der Waals surface area contributed by atoms with Crippen molar-refractivity contribution in [3.8, 4) is 11.1 Å². The van der Waals surface area contributed by atoms with Crippen molar-refractivity contribution >= 4 is 11.8 Å². The molecule has 4 aromatic rings. The van der Waals surface area contributed by atoms with Gasteiger partial charge in [0.1, 0.15) is 11.6 Å². The van der Waals surface area contributed by atoms with E-state index in [1.54, 1.807) is 62.0 Å². The molecule has 0 spiro atoms. The molecule has 0 aliphatic carbocycles. The number of halogens is 2. The van der Waals surface area contributed by atoms with Gasteiger partial charge in [-0.3, -0.25) is 19.6 Å². The zero-order valence-corrected chi connectivity index (χ0v) is 19.5. The van der Waals surface area contributed by atoms with Crippen molar-refractivity contribution in [1.82, 2.24) is 20.6 Å². The number of nitrogens with zero attached hydrogens (tertiary/aromatic N) is 2. The number of benzene rings is 2. The first-order chi connectivity index (χ1) is 17.4. The van der Waals surface area contributed by atoms with Gasteiger partial charge in [-0.25, -0.2) is 8.78 Å². The van der Waals surface area contributed by atoms with E-state index in [-0.39, 0.29) is 24.7 Å². The lowest BCUT2D eigenvalue weighted by atomic mass is 9.94. The van der Waals surface area contributed by atoms with E-state index in [9.17, 15) is 18.4 Å². The Morgan fingerprint density at radius 2 is 1.69 bits per heavy atom. The molecule has 0 fully saturated rings. The molecule has 36 heavy (non-hydrogen) atoms. The highest BCUT2D eigenvalue weighted by Crippen LogP contribution is 2.30. The molecule has 1 atom stereocenters. The number of carbonyl (C=O) groups excluding carboxylic acids is 2. The van der Waals surface area contributed by atoms with Gasteiger partial charge in [0.15, 0.2) is 0 Å². The van der Waals surface area contributed by atoms with Gasteiger partial charge in [0.05, 0.1) is 18.2 Å². The van der Waals surface area contributed by atoms with Crippen LogP contribution in [0.3, 0.4) is 0 Å². The Balaban J connectivity index is 1.72. The first-order valence-corrected chi connectivity index (χ1v) is 11.3. The van der Waals surface area contributed by atoms with Crippen LogP contribution in [0.2, 0.25) is 0 Å². The Morgan fingerprint density at radius 1 is 0.917 bits per heavy atom. The zero-order chi connectivity index (χ0) is 25.5. The van der Waals surface area contributed by atoms with Gasteiger partial charge < -0.3 is 10.6 Å². The van der Waals surface area contributed by atoms with E-state index in [0.717, 1.165) is 17.2 Å². The number of pyridine rings is 2. The Hall–Kier alpha value is -4.46. The number of amides is 2. The summed E-state index contributed by atoms with van der Waals surface area (Å²) < 4.78 is 27.9. The quantitative estimate of drug-likeness (QED) is 0.386. The van der Waals surface area contributed by atoms with Crippen molar-refractivity contribution in [3.63, 3.8) is 0 Å². The third-order valence-corrected chi connectivity index (χ3v) is 5.62. The maximum absolute atomic E-state index is 13.9. The summed E-state index contributed by atoms with van der Waals surface area (Å²) >= 11 is 0. The Bertz CT molecular complexity index is 1360. The first-order valence-electron chi connectivity index (χ1n) is 11.3. The van der Waals surface area contributed by atoms with Crippen LogP contribution in [0.5, 0.6) is 0 Å². The molecule has 0 radical (unpaired) electrons. The smallest absolute Gasteiger partial charge is 0.251 e. The maximum Gasteiger partial charge on any atom is 0.251 e. The molecule has 2 aromatic heterocycles. The van der Waals surface area contributed by atoms with Crippen molar-refractivity contribution in [1.29, 1.82) is 0 Å². The van der Waals surface area contributed by atoms with Crippen LogP contribution in [-0.4, -0.2) is 28.8 Å². The van der Waals surface area contributed by atoms with Crippen molar-refractivity contribution in [2.75, 3.05) is 7.05 Å². The molecule has 2 aromatic carbocycles. The summed E-state index contributed by atoms with van der Waals surface area (Å²) in [6.45, 7) is 0. The van der Waals surface area contributed by atoms with E-state index in [1.807, 2.05) is 12.1 Å². The lowest BCUT2D eigenvalue weighted by Gasteiger charge is -2.22. The topological polar surface area (TPSA) is 84.0 Å². The predicted octanol–water partition coefficient (Wildman–Crippen LogP) is 4.42. The number of hydrogen-bond donors (Lipinski definition) is 2. The van der Waals surface area contributed by atoms with Gasteiger partial charge in [0, 0.05) is 42.8 Å². The minimum atomic E-state index is -0.704. The van der Waals surface area contributed by atoms with Gasteiger partial charge in [-0.1, -0.05) is 24.3 Å². The van der Waals surface area contributed by atoms with E-state index >= 15 is 0 Å². The number of aromatic nitrogens is 2. The van der Waals surface area contributed by atoms with Crippen LogP contribution in [0.25, 0.3) is 11.1 Å². The lowest BCUT2D eigenvalue weighted by molar-refractivity contribution is -0.121. The summed E-state index contributed by atoms with van der Waals surface area (Å²) in [5, 5.41) is 5.58. The monoisotopic (exact) mass is 486 g/mol. The van der Waals surface area contributed by atoms with Gasteiger partial charge in [-0.2, -0.15) is 0 Å². The zero-order valence-electron chi connectivity index (χ0n) is 19.5. The lowest BCUT2D eigenvalue weighted by Crippen LogP contribution is -2.32. The summed E-state index contributed by atoms with van der Waals surface area (Å²) in [5.74, 6) is -1.94. The van der Waals surface area contributed by atoms with Crippen LogP contribution in [-0.2, 0) is 17.6 Å². The molecule has 0 bridgehead atoms. The Kier molecular flexibility index (Phi) is 7.75. The molecule has 2 amide bonds. The fraction of sp³-hybridized carbons (Fsp3) is 0.143. The molecule has 4 rings (SSSR count). The molecule has 0 aliphatic rings. The second kappa shape index (κ2) is 11.3. The van der Waals surface area contributed by atoms with E-state index in [1.165, 1.54) is 12.1 Å². The average molecular weight is 487 g/mol. The number of carbonyl (C=O) groups is 2. The van der Waals surface area contributed by atoms with Gasteiger partial charge in [-0.15, -0.1) is 0 Å². The third-order valence-electron chi connectivity index (χ3n) is 5.62. The predicted molar refractivity (Wildman–Crippen MR) is 132 cm³/mol. The van der Waals surface area contributed by atoms with E-state index < -0.39 is 17.7 Å². The molecule has 8 heteroatoms. The van der Waals surface area contributed by atoms with Crippen molar-refractivity contribution in [3.05, 3.63) is 119 Å². The van der Waals surface area contributed by atoms with Gasteiger partial charge in [0.25, 0.3) is 5.91 Å². The number of hydrogen-bond acceptors (Lipinski definition) is 4. The summed E-state index contributed by atoms with van der Waals surface area (Å²) in [5.41, 5.74) is 3.48. The highest BCUT2D eigenvalue weighted by atomic mass is 19.1. The summed E-state index contributed by atoms with van der Waals surface area (Å²) in [6, 6.07) is 16.7. The first kappa shape index (κ1) is 24.7. The SMILES string of the molecule is CNC(=O)c1cccc(-c2cccnc2[C@H](Cc2cc(F)cc(F)c2)NC(=O)Cc2cccnc2)c1. The number of rotatable bonds is 8. The molecule has 0 saturated carbocycles. The van der Waals surface area contributed by atoms with Gasteiger partial charge in [-0.05, 0) is 59.5 Å². The molecule has 182 valence electrons. The third kappa shape index (κ3) is 6.15. The average Bonchev–Trinajstić information content (AvgIpc) is 2.88. The second-order valence-electron chi connectivity index (χ2n) is 8.24. The summed E-state index contributed by atoms with van der Waals surface area (Å²) in [4.78, 5) is 33.7. The molecule has 2 heterocycles. The molecular formula is C28H24F2N4O2. The van der Waals surface area contributed by atoms with Crippen LogP contribution in [0.15, 0.2) is 85.3 Å². The van der Waals surface area contributed by atoms with Crippen molar-refractivity contribution in [2.45, 2.75) is 18.9 Å². The second-order valence-corrected chi connectivity index (χ2v) is 8.24. The van der Waals surface area contributed by atoms with Gasteiger partial charge in [0.2, 0.25) is 5.91 Å². The number of nitrogens with one attached hydrogen (secondary N) is 2. The highest BCUT2D eigenvalue weighted by molar-refractivity contribution is 5.95. The fourth-order valence-corrected chi connectivity index (χ4v) is 4.03. The molecule has 0 unspecified atom stereocenters. The summed E-state index contributed by atoms with van der Waals surface area (Å²) in [6.07, 6.45) is 5.00. The van der Waals surface area contributed by atoms with E-state index in [0.29, 0.717) is 22.4 Å². The van der Waals surface area contributed by atoms with Crippen molar-refractivity contribution in [2.24, 2.45) is 0 Å². The maximum atomic E-state index is 13.9. The fourth-order valence-electron chi connectivity index (χ4n) is 4.03. The molecular weight excluding hydrogens is 462 g/mol. The van der Waals surface area contributed by atoms with Crippen LogP contribution in [0.1, 0.15) is 33.2 Å². The van der Waals surface area contributed by atoms with Crippen LogP contribution in [0, 0.1) is 11.6 Å². The molecule has 0 aliphatic heterocycles. The Morgan fingerprint density at radius 3 is 2.42 bits per heavy atom. The van der Waals surface area contributed by atoms with Crippen LogP contribution in [0.4, 0.5) is 8.78 Å². The normalized spacial score (nSPS) is 11.5. The highest BCUT2D eigenvalue weighted by Gasteiger charge is 2.22. The minimum Gasteiger partial charge on any atom is -0.355 e.